The first-order chi connectivity index (χ1) is 8.65. The molecule has 2 heterocycles. The van der Waals surface area contributed by atoms with Gasteiger partial charge in [0.15, 0.2) is 0 Å². The smallest absolute Gasteiger partial charge is 0.254 e. The second kappa shape index (κ2) is 4.67. The largest absolute Gasteiger partial charge is 0.334 e. The second-order valence-corrected chi connectivity index (χ2v) is 6.21. The molecule has 1 amide bonds. The van der Waals surface area contributed by atoms with Crippen molar-refractivity contribution in [3.05, 3.63) is 33.8 Å². The minimum atomic E-state index is 0.176. The number of likely N-dealkylation sites (tertiary alicyclic amines) is 1. The number of benzene rings is 1. The van der Waals surface area contributed by atoms with Crippen LogP contribution in [0.2, 0.25) is 0 Å². The van der Waals surface area contributed by atoms with Crippen LogP contribution < -0.4 is 5.32 Å². The maximum absolute atomic E-state index is 12.6. The molecule has 0 aliphatic carbocycles. The average molecular weight is 309 g/mol. The number of hydrogen-bond donors (Lipinski definition) is 1. The van der Waals surface area contributed by atoms with E-state index in [0.29, 0.717) is 12.0 Å². The molecule has 2 aliphatic heterocycles. The van der Waals surface area contributed by atoms with Crippen LogP contribution >= 0.6 is 15.9 Å². The maximum atomic E-state index is 12.6. The normalized spacial score (nSPS) is 26.4. The van der Waals surface area contributed by atoms with E-state index in [4.69, 9.17) is 0 Å². The molecule has 3 nitrogen and oxygen atoms in total. The third-order valence-electron chi connectivity index (χ3n) is 4.00. The maximum Gasteiger partial charge on any atom is 0.254 e. The molecule has 0 bridgehead atoms. The van der Waals surface area contributed by atoms with Gasteiger partial charge in [-0.25, -0.2) is 0 Å². The van der Waals surface area contributed by atoms with Crippen molar-refractivity contribution in [2.75, 3.05) is 19.6 Å². The van der Waals surface area contributed by atoms with Crippen LogP contribution in [-0.4, -0.2) is 36.5 Å². The monoisotopic (exact) mass is 308 g/mol. The van der Waals surface area contributed by atoms with Gasteiger partial charge in [0.2, 0.25) is 0 Å². The first kappa shape index (κ1) is 12.2. The third-order valence-corrected chi connectivity index (χ3v) is 4.45. The molecule has 96 valence electrons. The van der Waals surface area contributed by atoms with E-state index in [0.717, 1.165) is 41.7 Å². The Bertz CT molecular complexity index is 468. The van der Waals surface area contributed by atoms with Gasteiger partial charge in [-0.15, -0.1) is 0 Å². The van der Waals surface area contributed by atoms with Gasteiger partial charge in [0, 0.05) is 35.7 Å². The summed E-state index contributed by atoms with van der Waals surface area (Å²) in [6.45, 7) is 4.93. The highest BCUT2D eigenvalue weighted by atomic mass is 79.9. The molecule has 2 fully saturated rings. The topological polar surface area (TPSA) is 32.3 Å². The van der Waals surface area contributed by atoms with Crippen molar-refractivity contribution in [2.45, 2.75) is 19.4 Å². The molecule has 0 aromatic heterocycles. The summed E-state index contributed by atoms with van der Waals surface area (Å²) in [5.74, 6) is 0.831. The number of nitrogens with zero attached hydrogens (tertiary/aromatic N) is 1. The minimum Gasteiger partial charge on any atom is -0.334 e. The van der Waals surface area contributed by atoms with Gasteiger partial charge in [0.1, 0.15) is 0 Å². The summed E-state index contributed by atoms with van der Waals surface area (Å²) in [6.07, 6.45) is 1.14. The fourth-order valence-corrected chi connectivity index (χ4v) is 3.73. The average Bonchev–Trinajstić information content (AvgIpc) is 2.88. The van der Waals surface area contributed by atoms with Crippen LogP contribution in [0, 0.1) is 12.8 Å². The number of fused-ring (bicyclic) bond motifs is 1. The van der Waals surface area contributed by atoms with Gasteiger partial charge in [0.05, 0.1) is 0 Å². The van der Waals surface area contributed by atoms with Gasteiger partial charge >= 0.3 is 0 Å². The van der Waals surface area contributed by atoms with Gasteiger partial charge in [-0.1, -0.05) is 15.9 Å². The zero-order valence-electron chi connectivity index (χ0n) is 10.4. The fraction of sp³-hybridized carbons (Fsp3) is 0.500. The number of carbonyl (C=O) groups is 1. The predicted molar refractivity (Wildman–Crippen MR) is 74.7 cm³/mol. The van der Waals surface area contributed by atoms with E-state index in [1.54, 1.807) is 0 Å². The van der Waals surface area contributed by atoms with Crippen LogP contribution in [0.15, 0.2) is 22.7 Å². The number of amides is 1. The van der Waals surface area contributed by atoms with E-state index in [1.807, 2.05) is 30.0 Å². The number of carbonyl (C=O) groups excluding carboxylic acids is 1. The van der Waals surface area contributed by atoms with E-state index in [-0.39, 0.29) is 5.91 Å². The van der Waals surface area contributed by atoms with Crippen molar-refractivity contribution in [1.82, 2.24) is 10.2 Å². The van der Waals surface area contributed by atoms with Crippen LogP contribution in [0.1, 0.15) is 22.3 Å². The number of halogens is 1. The molecule has 0 radical (unpaired) electrons. The standard InChI is InChI=1S/C14H17BrN2O/c1-9-4-11(6-12(15)5-9)14(18)17-3-2-10-7-16-8-13(10)17/h4-6,10,13,16H,2-3,7-8H2,1H3/t10-,13+/m0/s1. The van der Waals surface area contributed by atoms with Crippen LogP contribution in [0.25, 0.3) is 0 Å². The summed E-state index contributed by atoms with van der Waals surface area (Å²) >= 11 is 3.46. The molecule has 18 heavy (non-hydrogen) atoms. The van der Waals surface area contributed by atoms with Crippen LogP contribution in [0.3, 0.4) is 0 Å². The molecule has 2 atom stereocenters. The Morgan fingerprint density at radius 2 is 2.22 bits per heavy atom. The van der Waals surface area contributed by atoms with Gasteiger partial charge < -0.3 is 10.2 Å². The molecule has 0 unspecified atom stereocenters. The van der Waals surface area contributed by atoms with Gasteiger partial charge in [-0.05, 0) is 43.0 Å². The Hall–Kier alpha value is -0.870. The lowest BCUT2D eigenvalue weighted by molar-refractivity contribution is 0.0737. The Kier molecular flexibility index (Phi) is 3.16. The Morgan fingerprint density at radius 1 is 1.39 bits per heavy atom. The number of nitrogens with one attached hydrogen (secondary N) is 1. The minimum absolute atomic E-state index is 0.176. The van der Waals surface area contributed by atoms with Crippen molar-refractivity contribution in [1.29, 1.82) is 0 Å². The Labute approximate surface area is 116 Å². The Balaban J connectivity index is 1.86. The summed E-state index contributed by atoms with van der Waals surface area (Å²) in [5.41, 5.74) is 1.92. The van der Waals surface area contributed by atoms with Crippen molar-refractivity contribution in [2.24, 2.45) is 5.92 Å². The summed E-state index contributed by atoms with van der Waals surface area (Å²) < 4.78 is 0.978. The highest BCUT2D eigenvalue weighted by Gasteiger charge is 2.40. The van der Waals surface area contributed by atoms with Crippen molar-refractivity contribution < 1.29 is 4.79 Å². The zero-order chi connectivity index (χ0) is 12.7. The molecule has 1 aromatic carbocycles. The number of rotatable bonds is 1. The lowest BCUT2D eigenvalue weighted by Gasteiger charge is -2.23. The van der Waals surface area contributed by atoms with Crippen LogP contribution in [-0.2, 0) is 0 Å². The third kappa shape index (κ3) is 2.08. The van der Waals surface area contributed by atoms with E-state index in [2.05, 4.69) is 21.2 Å². The SMILES string of the molecule is Cc1cc(Br)cc(C(=O)N2CC[C@H]3CNC[C@H]32)c1. The zero-order valence-corrected chi connectivity index (χ0v) is 12.0. The predicted octanol–water partition coefficient (Wildman–Crippen LogP) is 2.19. The van der Waals surface area contributed by atoms with Crippen LogP contribution in [0.5, 0.6) is 0 Å². The lowest BCUT2D eigenvalue weighted by Crippen LogP contribution is -2.39. The van der Waals surface area contributed by atoms with E-state index >= 15 is 0 Å². The quantitative estimate of drug-likeness (QED) is 0.862. The molecular formula is C14H17BrN2O. The van der Waals surface area contributed by atoms with Gasteiger partial charge in [-0.3, -0.25) is 4.79 Å². The van der Waals surface area contributed by atoms with E-state index < -0.39 is 0 Å². The number of hydrogen-bond acceptors (Lipinski definition) is 2. The van der Waals surface area contributed by atoms with Crippen molar-refractivity contribution in [3.8, 4) is 0 Å². The summed E-state index contributed by atoms with van der Waals surface area (Å²) in [7, 11) is 0. The van der Waals surface area contributed by atoms with Gasteiger partial charge in [0.25, 0.3) is 5.91 Å². The van der Waals surface area contributed by atoms with Crippen molar-refractivity contribution in [3.63, 3.8) is 0 Å². The van der Waals surface area contributed by atoms with Crippen molar-refractivity contribution >= 4 is 21.8 Å². The molecule has 1 aromatic rings. The summed E-state index contributed by atoms with van der Waals surface area (Å²) in [5, 5.41) is 3.38. The molecule has 1 N–H and O–H groups in total. The summed E-state index contributed by atoms with van der Waals surface area (Å²) in [6, 6.07) is 6.32. The fourth-order valence-electron chi connectivity index (χ4n) is 3.13. The highest BCUT2D eigenvalue weighted by Crippen LogP contribution is 2.29. The Morgan fingerprint density at radius 3 is 3.00 bits per heavy atom. The van der Waals surface area contributed by atoms with Crippen LogP contribution in [0.4, 0.5) is 0 Å². The highest BCUT2D eigenvalue weighted by molar-refractivity contribution is 9.10. The first-order valence-electron chi connectivity index (χ1n) is 6.44. The molecule has 2 saturated heterocycles. The van der Waals surface area contributed by atoms with E-state index in [9.17, 15) is 4.79 Å². The van der Waals surface area contributed by atoms with E-state index in [1.165, 1.54) is 0 Å². The molecule has 0 saturated carbocycles. The molecule has 0 spiro atoms. The summed E-state index contributed by atoms with van der Waals surface area (Å²) in [4.78, 5) is 14.6. The number of aryl methyl sites for hydroxylation is 1. The van der Waals surface area contributed by atoms with Gasteiger partial charge in [-0.2, -0.15) is 0 Å². The first-order valence-corrected chi connectivity index (χ1v) is 7.23. The molecule has 2 aliphatic rings. The molecular weight excluding hydrogens is 292 g/mol. The molecule has 3 rings (SSSR count). The lowest BCUT2D eigenvalue weighted by atomic mass is 10.0. The second-order valence-electron chi connectivity index (χ2n) is 5.29. The molecule has 4 heteroatoms.